The third kappa shape index (κ3) is 4.17. The minimum Gasteiger partial charge on any atom is -0.497 e. The second kappa shape index (κ2) is 7.25. The fourth-order valence-corrected chi connectivity index (χ4v) is 1.66. The number of amidine groups is 1. The van der Waals surface area contributed by atoms with E-state index in [1.165, 1.54) is 7.11 Å². The van der Waals surface area contributed by atoms with Crippen LogP contribution in [0.4, 0.5) is 0 Å². The molecule has 0 saturated heterocycles. The monoisotopic (exact) mass is 265 g/mol. The summed E-state index contributed by atoms with van der Waals surface area (Å²) in [6, 6.07) is 6.31. The van der Waals surface area contributed by atoms with Crippen LogP contribution in [-0.4, -0.2) is 30.1 Å². The van der Waals surface area contributed by atoms with E-state index < -0.39 is 6.04 Å². The van der Waals surface area contributed by atoms with Gasteiger partial charge in [0.1, 0.15) is 5.75 Å². The Morgan fingerprint density at radius 3 is 2.89 bits per heavy atom. The fourth-order valence-electron chi connectivity index (χ4n) is 1.66. The molecule has 19 heavy (non-hydrogen) atoms. The molecule has 0 spiro atoms. The third-order valence-corrected chi connectivity index (χ3v) is 2.69. The van der Waals surface area contributed by atoms with Crippen molar-refractivity contribution in [3.63, 3.8) is 0 Å². The summed E-state index contributed by atoms with van der Waals surface area (Å²) in [6.07, 6.45) is 1.41. The number of nitrogens with zero attached hydrogens (tertiary/aromatic N) is 1. The molecule has 0 fully saturated rings. The van der Waals surface area contributed by atoms with Crippen LogP contribution in [0.2, 0.25) is 0 Å². The Morgan fingerprint density at radius 1 is 1.58 bits per heavy atom. The number of hydrogen-bond acceptors (Lipinski definition) is 4. The van der Waals surface area contributed by atoms with Gasteiger partial charge in [-0.2, -0.15) is 0 Å². The number of benzene rings is 1. The van der Waals surface area contributed by atoms with E-state index in [0.717, 1.165) is 6.42 Å². The number of carbonyl (C=O) groups is 1. The van der Waals surface area contributed by atoms with E-state index in [4.69, 9.17) is 15.7 Å². The summed E-state index contributed by atoms with van der Waals surface area (Å²) in [7, 11) is 1.54. The molecule has 6 heteroatoms. The Morgan fingerprint density at radius 2 is 2.32 bits per heavy atom. The van der Waals surface area contributed by atoms with E-state index in [0.29, 0.717) is 17.7 Å². The lowest BCUT2D eigenvalue weighted by Crippen LogP contribution is -2.44. The van der Waals surface area contributed by atoms with Crippen molar-refractivity contribution >= 4 is 11.7 Å². The van der Waals surface area contributed by atoms with Crippen LogP contribution < -0.4 is 15.8 Å². The quantitative estimate of drug-likeness (QED) is 0.313. The molecule has 0 aliphatic carbocycles. The Bertz CT molecular complexity index is 460. The molecule has 0 heterocycles. The molecule has 0 radical (unpaired) electrons. The molecule has 1 aromatic carbocycles. The van der Waals surface area contributed by atoms with Crippen LogP contribution in [0.1, 0.15) is 30.1 Å². The predicted octanol–water partition coefficient (Wildman–Crippen LogP) is 1.34. The van der Waals surface area contributed by atoms with Crippen LogP contribution in [0, 0.1) is 0 Å². The number of nitrogens with one attached hydrogen (secondary N) is 1. The Hall–Kier alpha value is -2.24. The van der Waals surface area contributed by atoms with Crippen molar-refractivity contribution in [2.24, 2.45) is 10.9 Å². The van der Waals surface area contributed by atoms with E-state index >= 15 is 0 Å². The van der Waals surface area contributed by atoms with E-state index in [9.17, 15) is 4.79 Å². The van der Waals surface area contributed by atoms with Crippen molar-refractivity contribution in [1.29, 1.82) is 0 Å². The van der Waals surface area contributed by atoms with Gasteiger partial charge in [-0.25, -0.2) is 0 Å². The summed E-state index contributed by atoms with van der Waals surface area (Å²) < 4.78 is 5.06. The normalized spacial score (nSPS) is 12.8. The Labute approximate surface area is 112 Å². The molecule has 104 valence electrons. The molecule has 1 atom stereocenters. The smallest absolute Gasteiger partial charge is 0.252 e. The lowest BCUT2D eigenvalue weighted by Gasteiger charge is -2.16. The van der Waals surface area contributed by atoms with Crippen molar-refractivity contribution in [3.05, 3.63) is 29.8 Å². The standard InChI is InChI=1S/C13H19N3O3/c1-3-5-11(12(14)16-18)15-13(17)9-6-4-7-10(8-9)19-2/h4,6-8,11,18H,3,5H2,1-2H3,(H2,14,16)(H,15,17). The molecule has 1 unspecified atom stereocenters. The van der Waals surface area contributed by atoms with Gasteiger partial charge in [0, 0.05) is 5.56 Å². The van der Waals surface area contributed by atoms with Gasteiger partial charge in [0.25, 0.3) is 5.91 Å². The van der Waals surface area contributed by atoms with Crippen molar-refractivity contribution in [3.8, 4) is 5.75 Å². The highest BCUT2D eigenvalue weighted by atomic mass is 16.5. The fraction of sp³-hybridized carbons (Fsp3) is 0.385. The van der Waals surface area contributed by atoms with Crippen molar-refractivity contribution in [2.45, 2.75) is 25.8 Å². The average Bonchev–Trinajstić information content (AvgIpc) is 2.45. The number of oxime groups is 1. The van der Waals surface area contributed by atoms with Crippen LogP contribution in [-0.2, 0) is 0 Å². The van der Waals surface area contributed by atoms with E-state index in [1.807, 2.05) is 6.92 Å². The van der Waals surface area contributed by atoms with E-state index in [-0.39, 0.29) is 11.7 Å². The maximum absolute atomic E-state index is 12.1. The number of methoxy groups -OCH3 is 1. The molecule has 0 aliphatic rings. The van der Waals surface area contributed by atoms with Crippen LogP contribution in [0.25, 0.3) is 0 Å². The first-order valence-electron chi connectivity index (χ1n) is 6.04. The zero-order valence-corrected chi connectivity index (χ0v) is 11.1. The first-order chi connectivity index (χ1) is 9.12. The lowest BCUT2D eigenvalue weighted by molar-refractivity contribution is 0.0944. The summed E-state index contributed by atoms with van der Waals surface area (Å²) in [5.41, 5.74) is 6.01. The molecular formula is C13H19N3O3. The average molecular weight is 265 g/mol. The molecule has 1 rings (SSSR count). The minimum atomic E-state index is -0.478. The predicted molar refractivity (Wildman–Crippen MR) is 72.6 cm³/mol. The summed E-state index contributed by atoms with van der Waals surface area (Å²) >= 11 is 0. The maximum atomic E-state index is 12.1. The third-order valence-electron chi connectivity index (χ3n) is 2.69. The molecule has 0 aliphatic heterocycles. The number of ether oxygens (including phenoxy) is 1. The first kappa shape index (κ1) is 14.8. The van der Waals surface area contributed by atoms with Gasteiger partial charge in [-0.05, 0) is 24.6 Å². The highest BCUT2D eigenvalue weighted by Gasteiger charge is 2.17. The zero-order valence-electron chi connectivity index (χ0n) is 11.1. The highest BCUT2D eigenvalue weighted by molar-refractivity contribution is 5.98. The van der Waals surface area contributed by atoms with Gasteiger partial charge in [0.2, 0.25) is 0 Å². The van der Waals surface area contributed by atoms with Crippen LogP contribution in [0.15, 0.2) is 29.4 Å². The molecule has 1 aromatic rings. The molecule has 4 N–H and O–H groups in total. The van der Waals surface area contributed by atoms with Crippen LogP contribution in [0.5, 0.6) is 5.75 Å². The molecule has 0 saturated carbocycles. The van der Waals surface area contributed by atoms with Gasteiger partial charge in [0.05, 0.1) is 13.2 Å². The zero-order chi connectivity index (χ0) is 14.3. The summed E-state index contributed by atoms with van der Waals surface area (Å²) in [5.74, 6) is 0.311. The largest absolute Gasteiger partial charge is 0.497 e. The van der Waals surface area contributed by atoms with Gasteiger partial charge >= 0.3 is 0 Å². The number of amides is 1. The Balaban J connectivity index is 2.81. The summed E-state index contributed by atoms with van der Waals surface area (Å²) in [6.45, 7) is 1.95. The Kier molecular flexibility index (Phi) is 5.66. The second-order valence-electron chi connectivity index (χ2n) is 4.07. The van der Waals surface area contributed by atoms with Gasteiger partial charge in [-0.3, -0.25) is 4.79 Å². The summed E-state index contributed by atoms with van der Waals surface area (Å²) in [5, 5.41) is 14.4. The second-order valence-corrected chi connectivity index (χ2v) is 4.07. The lowest BCUT2D eigenvalue weighted by atomic mass is 10.1. The maximum Gasteiger partial charge on any atom is 0.252 e. The molecule has 6 nitrogen and oxygen atoms in total. The van der Waals surface area contributed by atoms with Gasteiger partial charge < -0.3 is 21.0 Å². The van der Waals surface area contributed by atoms with Gasteiger partial charge in [-0.15, -0.1) is 0 Å². The van der Waals surface area contributed by atoms with Crippen molar-refractivity contribution in [1.82, 2.24) is 5.32 Å². The van der Waals surface area contributed by atoms with Crippen molar-refractivity contribution in [2.75, 3.05) is 7.11 Å². The molecule has 0 bridgehead atoms. The number of nitrogens with two attached hydrogens (primary N) is 1. The highest BCUT2D eigenvalue weighted by Crippen LogP contribution is 2.12. The first-order valence-corrected chi connectivity index (χ1v) is 6.04. The van der Waals surface area contributed by atoms with Gasteiger partial charge in [0.15, 0.2) is 5.84 Å². The van der Waals surface area contributed by atoms with Crippen LogP contribution >= 0.6 is 0 Å². The van der Waals surface area contributed by atoms with Crippen LogP contribution in [0.3, 0.4) is 0 Å². The SMILES string of the molecule is CCCC(NC(=O)c1cccc(OC)c1)/C(N)=N/O. The van der Waals surface area contributed by atoms with E-state index in [2.05, 4.69) is 10.5 Å². The molecular weight excluding hydrogens is 246 g/mol. The number of rotatable bonds is 6. The minimum absolute atomic E-state index is 0.00176. The van der Waals surface area contributed by atoms with Crippen molar-refractivity contribution < 1.29 is 14.7 Å². The van der Waals surface area contributed by atoms with E-state index in [1.54, 1.807) is 24.3 Å². The topological polar surface area (TPSA) is 96.9 Å². The number of hydrogen-bond donors (Lipinski definition) is 3. The molecule has 1 amide bonds. The number of carbonyl (C=O) groups excluding carboxylic acids is 1. The summed E-state index contributed by atoms with van der Waals surface area (Å²) in [4.78, 5) is 12.1. The molecule has 0 aromatic heterocycles. The van der Waals surface area contributed by atoms with Gasteiger partial charge in [-0.1, -0.05) is 24.6 Å².